The van der Waals surface area contributed by atoms with Crippen molar-refractivity contribution in [3.63, 3.8) is 0 Å². The van der Waals surface area contributed by atoms with E-state index < -0.39 is 23.8 Å². The summed E-state index contributed by atoms with van der Waals surface area (Å²) in [6, 6.07) is 3.05. The standard InChI is InChI=1S/C16H19FN2O5/c1-24-15(22)12-7-6-11(8-13(12)17)19-16(23)18-10-4-2-9(3-5-10)14(20)21/h6-10H,2-5H2,1H3,(H,20,21)(H2,18,19,23). The SMILES string of the molecule is COC(=O)c1ccc(NC(=O)NC2CCC(C(=O)O)CC2)cc1F. The normalized spacial score (nSPS) is 20.1. The van der Waals surface area contributed by atoms with Gasteiger partial charge in [-0.2, -0.15) is 0 Å². The molecule has 24 heavy (non-hydrogen) atoms. The van der Waals surface area contributed by atoms with Gasteiger partial charge in [0.15, 0.2) is 0 Å². The topological polar surface area (TPSA) is 105 Å². The molecule has 1 aromatic rings. The van der Waals surface area contributed by atoms with Crippen LogP contribution in [0.4, 0.5) is 14.9 Å². The smallest absolute Gasteiger partial charge is 0.340 e. The Morgan fingerprint density at radius 3 is 2.42 bits per heavy atom. The van der Waals surface area contributed by atoms with E-state index in [4.69, 9.17) is 5.11 Å². The lowest BCUT2D eigenvalue weighted by atomic mass is 9.86. The highest BCUT2D eigenvalue weighted by atomic mass is 19.1. The van der Waals surface area contributed by atoms with E-state index in [1.165, 1.54) is 12.1 Å². The van der Waals surface area contributed by atoms with Crippen molar-refractivity contribution in [1.82, 2.24) is 5.32 Å². The molecule has 2 rings (SSSR count). The van der Waals surface area contributed by atoms with E-state index in [1.54, 1.807) is 0 Å². The molecule has 3 N–H and O–H groups in total. The number of carboxylic acid groups (broad SMARTS) is 1. The second-order valence-electron chi connectivity index (χ2n) is 5.67. The molecule has 1 aromatic carbocycles. The summed E-state index contributed by atoms with van der Waals surface area (Å²) in [6.45, 7) is 0. The number of nitrogens with one attached hydrogen (secondary N) is 2. The highest BCUT2D eigenvalue weighted by molar-refractivity contribution is 5.92. The summed E-state index contributed by atoms with van der Waals surface area (Å²) < 4.78 is 18.2. The van der Waals surface area contributed by atoms with Crippen molar-refractivity contribution >= 4 is 23.7 Å². The monoisotopic (exact) mass is 338 g/mol. The van der Waals surface area contributed by atoms with Gasteiger partial charge in [0.2, 0.25) is 0 Å². The van der Waals surface area contributed by atoms with Crippen molar-refractivity contribution in [2.75, 3.05) is 12.4 Å². The minimum Gasteiger partial charge on any atom is -0.481 e. The minimum atomic E-state index is -0.806. The highest BCUT2D eigenvalue weighted by Gasteiger charge is 2.26. The molecule has 8 heteroatoms. The molecule has 1 aliphatic carbocycles. The Hall–Kier alpha value is -2.64. The summed E-state index contributed by atoms with van der Waals surface area (Å²) in [5, 5.41) is 14.2. The first kappa shape index (κ1) is 17.7. The Labute approximate surface area is 138 Å². The number of hydrogen-bond donors (Lipinski definition) is 3. The van der Waals surface area contributed by atoms with Crippen LogP contribution in [-0.4, -0.2) is 36.2 Å². The summed E-state index contributed by atoms with van der Waals surface area (Å²) in [5.41, 5.74) is -0.00711. The Bertz CT molecular complexity index is 641. The largest absolute Gasteiger partial charge is 0.481 e. The zero-order chi connectivity index (χ0) is 17.7. The fraction of sp³-hybridized carbons (Fsp3) is 0.438. The van der Waals surface area contributed by atoms with E-state index in [0.717, 1.165) is 13.2 Å². The van der Waals surface area contributed by atoms with Crippen LogP contribution in [0.1, 0.15) is 36.0 Å². The maximum atomic E-state index is 13.8. The number of carboxylic acids is 1. The zero-order valence-corrected chi connectivity index (χ0v) is 13.2. The number of esters is 1. The molecule has 1 fully saturated rings. The van der Waals surface area contributed by atoms with Gasteiger partial charge in [-0.05, 0) is 43.9 Å². The molecule has 2 amide bonds. The lowest BCUT2D eigenvalue weighted by Crippen LogP contribution is -2.41. The fourth-order valence-corrected chi connectivity index (χ4v) is 2.71. The third kappa shape index (κ3) is 4.43. The molecular formula is C16H19FN2O5. The van der Waals surface area contributed by atoms with Crippen molar-refractivity contribution in [2.24, 2.45) is 5.92 Å². The van der Waals surface area contributed by atoms with E-state index in [-0.39, 0.29) is 23.2 Å². The summed E-state index contributed by atoms with van der Waals surface area (Å²) in [7, 11) is 1.15. The van der Waals surface area contributed by atoms with Gasteiger partial charge in [0.05, 0.1) is 18.6 Å². The van der Waals surface area contributed by atoms with Gasteiger partial charge < -0.3 is 20.5 Å². The number of anilines is 1. The van der Waals surface area contributed by atoms with Crippen molar-refractivity contribution in [3.05, 3.63) is 29.6 Å². The van der Waals surface area contributed by atoms with Crippen molar-refractivity contribution in [3.8, 4) is 0 Å². The van der Waals surface area contributed by atoms with Gasteiger partial charge in [0, 0.05) is 11.7 Å². The molecule has 0 spiro atoms. The van der Waals surface area contributed by atoms with Crippen LogP contribution < -0.4 is 10.6 Å². The quantitative estimate of drug-likeness (QED) is 0.731. The van der Waals surface area contributed by atoms with E-state index >= 15 is 0 Å². The molecule has 0 aliphatic heterocycles. The number of ether oxygens (including phenoxy) is 1. The van der Waals surface area contributed by atoms with E-state index in [2.05, 4.69) is 15.4 Å². The molecule has 0 aromatic heterocycles. The Morgan fingerprint density at radius 2 is 1.88 bits per heavy atom. The van der Waals surface area contributed by atoms with Crippen LogP contribution in [0.15, 0.2) is 18.2 Å². The molecule has 0 bridgehead atoms. The highest BCUT2D eigenvalue weighted by Crippen LogP contribution is 2.24. The van der Waals surface area contributed by atoms with Crippen LogP contribution in [0.5, 0.6) is 0 Å². The van der Waals surface area contributed by atoms with Gasteiger partial charge in [-0.1, -0.05) is 0 Å². The average molecular weight is 338 g/mol. The predicted molar refractivity (Wildman–Crippen MR) is 83.3 cm³/mol. The number of carbonyl (C=O) groups excluding carboxylic acids is 2. The van der Waals surface area contributed by atoms with Gasteiger partial charge in [0.1, 0.15) is 5.82 Å². The lowest BCUT2D eigenvalue weighted by Gasteiger charge is -2.26. The molecule has 1 saturated carbocycles. The van der Waals surface area contributed by atoms with Gasteiger partial charge >= 0.3 is 18.0 Å². The van der Waals surface area contributed by atoms with Crippen LogP contribution in [-0.2, 0) is 9.53 Å². The van der Waals surface area contributed by atoms with Crippen LogP contribution in [0.25, 0.3) is 0 Å². The molecule has 0 radical (unpaired) electrons. The lowest BCUT2D eigenvalue weighted by molar-refractivity contribution is -0.142. The number of aliphatic carboxylic acids is 1. The van der Waals surface area contributed by atoms with Crippen molar-refractivity contribution in [2.45, 2.75) is 31.7 Å². The van der Waals surface area contributed by atoms with E-state index in [1.807, 2.05) is 0 Å². The number of urea groups is 1. The molecule has 0 heterocycles. The van der Waals surface area contributed by atoms with Gasteiger partial charge in [0.25, 0.3) is 0 Å². The van der Waals surface area contributed by atoms with E-state index in [9.17, 15) is 18.8 Å². The van der Waals surface area contributed by atoms with Crippen LogP contribution in [0.2, 0.25) is 0 Å². The third-order valence-electron chi connectivity index (χ3n) is 4.04. The van der Waals surface area contributed by atoms with Crippen molar-refractivity contribution in [1.29, 1.82) is 0 Å². The molecule has 0 unspecified atom stereocenters. The number of methoxy groups -OCH3 is 1. The van der Waals surface area contributed by atoms with E-state index in [0.29, 0.717) is 25.7 Å². The minimum absolute atomic E-state index is 0.111. The average Bonchev–Trinajstić information content (AvgIpc) is 2.54. The molecular weight excluding hydrogens is 319 g/mol. The van der Waals surface area contributed by atoms with Crippen molar-refractivity contribution < 1.29 is 28.6 Å². The number of hydrogen-bond acceptors (Lipinski definition) is 4. The Kier molecular flexibility index (Phi) is 5.73. The molecule has 7 nitrogen and oxygen atoms in total. The summed E-state index contributed by atoms with van der Waals surface area (Å²) in [6.07, 6.45) is 2.20. The zero-order valence-electron chi connectivity index (χ0n) is 13.2. The number of rotatable bonds is 4. The third-order valence-corrected chi connectivity index (χ3v) is 4.04. The number of carbonyl (C=O) groups is 3. The fourth-order valence-electron chi connectivity index (χ4n) is 2.71. The first-order chi connectivity index (χ1) is 11.4. The number of halogens is 1. The summed E-state index contributed by atoms with van der Waals surface area (Å²) >= 11 is 0. The van der Waals surface area contributed by atoms with Gasteiger partial charge in [-0.15, -0.1) is 0 Å². The first-order valence-electron chi connectivity index (χ1n) is 7.59. The predicted octanol–water partition coefficient (Wildman–Crippen LogP) is 2.38. The van der Waals surface area contributed by atoms with Gasteiger partial charge in [-0.25, -0.2) is 14.0 Å². The van der Waals surface area contributed by atoms with Gasteiger partial charge in [-0.3, -0.25) is 4.79 Å². The molecule has 0 saturated heterocycles. The molecule has 0 atom stereocenters. The Balaban J connectivity index is 1.88. The van der Waals surface area contributed by atoms with Crippen LogP contribution in [0.3, 0.4) is 0 Å². The number of amides is 2. The van der Waals surface area contributed by atoms with Crippen LogP contribution >= 0.6 is 0 Å². The number of benzene rings is 1. The molecule has 1 aliphatic rings. The summed E-state index contributed by atoms with van der Waals surface area (Å²) in [5.74, 6) is -2.74. The maximum Gasteiger partial charge on any atom is 0.340 e. The first-order valence-corrected chi connectivity index (χ1v) is 7.59. The Morgan fingerprint density at radius 1 is 1.21 bits per heavy atom. The summed E-state index contributed by atoms with van der Waals surface area (Å²) in [4.78, 5) is 34.1. The molecule has 130 valence electrons. The maximum absolute atomic E-state index is 13.8. The second kappa shape index (κ2) is 7.76. The second-order valence-corrected chi connectivity index (χ2v) is 5.67. The van der Waals surface area contributed by atoms with Crippen LogP contribution in [0, 0.1) is 11.7 Å².